The van der Waals surface area contributed by atoms with E-state index >= 15 is 0 Å². The third kappa shape index (κ3) is 8.19. The van der Waals surface area contributed by atoms with Crippen molar-refractivity contribution in [2.24, 2.45) is 34.2 Å². The molecule has 0 spiro atoms. The molecule has 0 aromatic heterocycles. The smallest absolute Gasteiger partial charge is 0.748 e. The number of benzene rings is 3. The van der Waals surface area contributed by atoms with Crippen LogP contribution in [0.5, 0.6) is 11.5 Å². The average Bonchev–Trinajstić information content (AvgIpc) is 3.20. The van der Waals surface area contributed by atoms with E-state index < -0.39 is 45.1 Å². The van der Waals surface area contributed by atoms with Crippen LogP contribution in [0.15, 0.2) is 83.4 Å². The number of hydrogen-bond donors (Lipinski definition) is 5. The minimum atomic E-state index is -4.81. The Labute approximate surface area is 332 Å². The number of allylic oxidation sites excluding steroid dienone is 1. The molecule has 7 aliphatic rings. The van der Waals surface area contributed by atoms with Gasteiger partial charge in [0.05, 0.1) is 21.5 Å². The normalized spacial score (nSPS) is 28.9. The van der Waals surface area contributed by atoms with Gasteiger partial charge in [-0.2, -0.15) is 0 Å². The Kier molecular flexibility index (Phi) is 12.0. The molecule has 0 saturated carbocycles. The molecule has 6 heterocycles. The van der Waals surface area contributed by atoms with Crippen molar-refractivity contribution in [2.75, 3.05) is 13.2 Å². The van der Waals surface area contributed by atoms with Gasteiger partial charge < -0.3 is 40.8 Å². The molecule has 53 heavy (non-hydrogen) atoms. The maximum Gasteiger partial charge on any atom is 1.00 e. The molecule has 3 aromatic rings. The fourth-order valence-electron chi connectivity index (χ4n) is 8.73. The van der Waals surface area contributed by atoms with Crippen molar-refractivity contribution in [3.8, 4) is 23.3 Å². The average molecular weight is 750 g/mol. The number of aliphatic hydroxyl groups excluding tert-OH is 2. The van der Waals surface area contributed by atoms with E-state index in [1.54, 1.807) is 30.3 Å². The Hall–Kier alpha value is -3.38. The van der Waals surface area contributed by atoms with Gasteiger partial charge in [-0.05, 0) is 90.8 Å². The summed E-state index contributed by atoms with van der Waals surface area (Å²) in [5.41, 5.74) is 15.1. The monoisotopic (exact) mass is 749 g/mol. The summed E-state index contributed by atoms with van der Waals surface area (Å²) in [6.07, 6.45) is 3.41. The van der Waals surface area contributed by atoms with Crippen LogP contribution in [0.1, 0.15) is 78.4 Å². The van der Waals surface area contributed by atoms with E-state index in [1.165, 1.54) is 0 Å². The van der Waals surface area contributed by atoms with Crippen molar-refractivity contribution >= 4 is 16.1 Å². The standard InChI is InChI=1S/C40H45N3O8S.Na/c41-39(42)43-40(17-2-18-44)30-10-8-25(9-11-30)37-28-19-29(21-34(37)36(52(47,48)49)16-7-24-5-13-32(51-40)14-6-24)38-33-15-12-31(46)20-26(33)3-1-4-27(23-45)35(22-28)50-38;/h5-6,8-15,20-21,27-28,34-38,44-46H,2,4,7,16-19,22-23H2,(H4,41,42,43)(H,47,48,49);/q;+1/p-1. The van der Waals surface area contributed by atoms with E-state index in [0.29, 0.717) is 49.0 Å². The van der Waals surface area contributed by atoms with Gasteiger partial charge in [-0.3, -0.25) is 0 Å². The van der Waals surface area contributed by atoms with Crippen LogP contribution in [0.3, 0.4) is 0 Å². The molecular formula is C40H44N3NaO8S. The first-order valence-corrected chi connectivity index (χ1v) is 19.3. The van der Waals surface area contributed by atoms with Crippen LogP contribution in [0.2, 0.25) is 0 Å². The Bertz CT molecular complexity index is 2020. The molecule has 1 aliphatic carbocycles. The van der Waals surface area contributed by atoms with Crippen LogP contribution < -0.4 is 45.8 Å². The molecular weight excluding hydrogens is 706 g/mol. The van der Waals surface area contributed by atoms with E-state index in [2.05, 4.69) is 16.8 Å². The zero-order chi connectivity index (χ0) is 36.6. The first kappa shape index (κ1) is 39.3. The Morgan fingerprint density at radius 3 is 2.49 bits per heavy atom. The summed E-state index contributed by atoms with van der Waals surface area (Å²) in [5.74, 6) is 5.15. The van der Waals surface area contributed by atoms with E-state index in [1.807, 2.05) is 42.5 Å². The summed E-state index contributed by atoms with van der Waals surface area (Å²) in [6, 6.07) is 19.8. The minimum absolute atomic E-state index is 0. The third-order valence-electron chi connectivity index (χ3n) is 11.1. The number of rotatable bonds is 6. The van der Waals surface area contributed by atoms with Gasteiger partial charge in [0.15, 0.2) is 5.96 Å². The van der Waals surface area contributed by atoms with Crippen LogP contribution in [0.4, 0.5) is 0 Å². The predicted octanol–water partition coefficient (Wildman–Crippen LogP) is 1.07. The molecule has 0 radical (unpaired) electrons. The fourth-order valence-corrected chi connectivity index (χ4v) is 9.77. The summed E-state index contributed by atoms with van der Waals surface area (Å²) in [7, 11) is -4.81. The first-order chi connectivity index (χ1) is 25.0. The van der Waals surface area contributed by atoms with Crippen molar-refractivity contribution in [3.05, 3.63) is 106 Å². The Balaban J connectivity index is 0.00000481. The summed E-state index contributed by atoms with van der Waals surface area (Å²) < 4.78 is 53.6. The number of hydrogen-bond acceptors (Lipinski definition) is 9. The zero-order valence-corrected chi connectivity index (χ0v) is 32.5. The summed E-state index contributed by atoms with van der Waals surface area (Å²) in [6.45, 7) is -0.261. The molecule has 10 rings (SSSR count). The maximum atomic E-state index is 13.4. The molecule has 274 valence electrons. The second kappa shape index (κ2) is 16.2. The van der Waals surface area contributed by atoms with Crippen LogP contribution in [-0.4, -0.2) is 58.8 Å². The molecule has 7 N–H and O–H groups in total. The van der Waals surface area contributed by atoms with Gasteiger partial charge in [-0.1, -0.05) is 60.4 Å². The number of fused-ring (bicyclic) bond motifs is 7. The first-order valence-electron chi connectivity index (χ1n) is 17.8. The Morgan fingerprint density at radius 2 is 1.81 bits per heavy atom. The van der Waals surface area contributed by atoms with Gasteiger partial charge in [0.2, 0.25) is 5.72 Å². The molecule has 11 nitrogen and oxygen atoms in total. The van der Waals surface area contributed by atoms with Gasteiger partial charge in [0, 0.05) is 48.7 Å². The van der Waals surface area contributed by atoms with Gasteiger partial charge in [-0.15, -0.1) is 0 Å². The number of aliphatic imine (C=N–C) groups is 1. The number of guanidine groups is 1. The minimum Gasteiger partial charge on any atom is -0.748 e. The van der Waals surface area contributed by atoms with E-state index in [0.717, 1.165) is 22.3 Å². The SMILES string of the molecule is NC(N)=NC1(CCCO)Oc2ccc(cc2)CCC(S(=O)(=O)[O-])C2C=C3CC(CC4OC3c3ccc(O)cc3C#CCC4CO)C2c2ccc1cc2.[Na+]. The second-order valence-electron chi connectivity index (χ2n) is 14.4. The van der Waals surface area contributed by atoms with Crippen molar-refractivity contribution in [1.29, 1.82) is 0 Å². The van der Waals surface area contributed by atoms with E-state index in [4.69, 9.17) is 20.9 Å². The van der Waals surface area contributed by atoms with Crippen molar-refractivity contribution in [2.45, 2.75) is 74.0 Å². The van der Waals surface area contributed by atoms with Crippen molar-refractivity contribution in [1.82, 2.24) is 0 Å². The topological polar surface area (TPSA) is 201 Å². The van der Waals surface area contributed by atoms with E-state index in [-0.39, 0.29) is 79.2 Å². The molecule has 0 amide bonds. The number of aliphatic hydroxyl groups is 2. The van der Waals surface area contributed by atoms with Gasteiger partial charge in [-0.25, -0.2) is 13.4 Å². The number of phenols is 1. The largest absolute Gasteiger partial charge is 1.00 e. The molecule has 1 fully saturated rings. The summed E-state index contributed by atoms with van der Waals surface area (Å²) in [5, 5.41) is 29.5. The maximum absolute atomic E-state index is 13.4. The molecule has 8 atom stereocenters. The molecule has 1 saturated heterocycles. The molecule has 13 heteroatoms. The number of nitrogens with two attached hydrogens (primary N) is 2. The second-order valence-corrected chi connectivity index (χ2v) is 16.0. The van der Waals surface area contributed by atoms with Crippen LogP contribution in [-0.2, 0) is 27.0 Å². The number of aromatic hydroxyl groups is 1. The molecule has 6 aliphatic heterocycles. The van der Waals surface area contributed by atoms with Gasteiger partial charge in [0.25, 0.3) is 0 Å². The number of nitrogens with zero attached hydrogens (tertiary/aromatic N) is 1. The quantitative estimate of drug-likeness (QED) is 0.0607. The number of phenolic OH excluding ortho intramolecular Hbond substituents is 1. The number of aryl methyl sites for hydroxylation is 1. The van der Waals surface area contributed by atoms with Crippen molar-refractivity contribution in [3.63, 3.8) is 0 Å². The van der Waals surface area contributed by atoms with Crippen LogP contribution in [0.25, 0.3) is 0 Å². The van der Waals surface area contributed by atoms with Gasteiger partial charge >= 0.3 is 29.6 Å². The fraction of sp³-hybridized carbons (Fsp3) is 0.425. The summed E-state index contributed by atoms with van der Waals surface area (Å²) >= 11 is 0. The van der Waals surface area contributed by atoms with Crippen LogP contribution >= 0.6 is 0 Å². The number of ether oxygens (including phenoxy) is 2. The van der Waals surface area contributed by atoms with E-state index in [9.17, 15) is 28.3 Å². The van der Waals surface area contributed by atoms with Crippen LogP contribution in [0, 0.1) is 29.6 Å². The van der Waals surface area contributed by atoms with Crippen molar-refractivity contribution < 1.29 is 67.3 Å². The predicted molar refractivity (Wildman–Crippen MR) is 194 cm³/mol. The third-order valence-corrected chi connectivity index (χ3v) is 12.4. The van der Waals surface area contributed by atoms with Gasteiger partial charge in [0.1, 0.15) is 17.6 Å². The molecule has 8 bridgehead atoms. The molecule has 8 unspecified atom stereocenters. The summed E-state index contributed by atoms with van der Waals surface area (Å²) in [4.78, 5) is 4.58. The molecule has 3 aromatic carbocycles. The Morgan fingerprint density at radius 1 is 1.06 bits per heavy atom. The zero-order valence-electron chi connectivity index (χ0n) is 29.7.